The van der Waals surface area contributed by atoms with E-state index in [9.17, 15) is 4.79 Å². The average Bonchev–Trinajstić information content (AvgIpc) is 2.29. The number of nitrogens with one attached hydrogen (secondary N) is 1. The van der Waals surface area contributed by atoms with Crippen LogP contribution in [0.25, 0.3) is 0 Å². The summed E-state index contributed by atoms with van der Waals surface area (Å²) in [5.41, 5.74) is 1.41. The van der Waals surface area contributed by atoms with Crippen molar-refractivity contribution in [2.45, 2.75) is 19.9 Å². The second-order valence-corrected chi connectivity index (χ2v) is 3.21. The van der Waals surface area contributed by atoms with Gasteiger partial charge < -0.3 is 10.1 Å². The zero-order valence-electron chi connectivity index (χ0n) is 9.12. The quantitative estimate of drug-likeness (QED) is 0.586. The minimum Gasteiger partial charge on any atom is -0.465 e. The molecule has 0 unspecified atom stereocenters. The number of pyridine rings is 1. The van der Waals surface area contributed by atoms with Gasteiger partial charge >= 0.3 is 5.97 Å². The van der Waals surface area contributed by atoms with E-state index in [1.165, 1.54) is 13.3 Å². The molecule has 4 nitrogen and oxygen atoms in total. The third-order valence-electron chi connectivity index (χ3n) is 1.98. The lowest BCUT2D eigenvalue weighted by atomic mass is 10.2. The van der Waals surface area contributed by atoms with E-state index >= 15 is 0 Å². The molecule has 0 radical (unpaired) electrons. The molecule has 0 bridgehead atoms. The molecule has 1 N–H and O–H groups in total. The Hall–Kier alpha value is -1.42. The summed E-state index contributed by atoms with van der Waals surface area (Å²) >= 11 is 0. The van der Waals surface area contributed by atoms with Gasteiger partial charge in [0.2, 0.25) is 0 Å². The van der Waals surface area contributed by atoms with Crippen molar-refractivity contribution < 1.29 is 9.53 Å². The monoisotopic (exact) mass is 208 g/mol. The first kappa shape index (κ1) is 11.7. The van der Waals surface area contributed by atoms with Gasteiger partial charge in [-0.05, 0) is 25.1 Å². The third kappa shape index (κ3) is 3.67. The zero-order valence-corrected chi connectivity index (χ0v) is 9.12. The molecule has 0 fully saturated rings. The molecule has 0 amide bonds. The molecule has 15 heavy (non-hydrogen) atoms. The Morgan fingerprint density at radius 2 is 2.33 bits per heavy atom. The van der Waals surface area contributed by atoms with Crippen molar-refractivity contribution in [3.63, 3.8) is 0 Å². The highest BCUT2D eigenvalue weighted by atomic mass is 16.5. The van der Waals surface area contributed by atoms with Crippen LogP contribution in [0.15, 0.2) is 18.3 Å². The molecule has 0 atom stereocenters. The molecule has 82 valence electrons. The van der Waals surface area contributed by atoms with Crippen molar-refractivity contribution in [2.24, 2.45) is 0 Å². The predicted octanol–water partition coefficient (Wildman–Crippen LogP) is 1.37. The van der Waals surface area contributed by atoms with Gasteiger partial charge in [-0.2, -0.15) is 0 Å². The minimum absolute atomic E-state index is 0.351. The van der Waals surface area contributed by atoms with Gasteiger partial charge in [-0.1, -0.05) is 6.92 Å². The van der Waals surface area contributed by atoms with E-state index in [0.717, 1.165) is 25.2 Å². The maximum Gasteiger partial charge on any atom is 0.339 e. The number of aromatic nitrogens is 1. The second kappa shape index (κ2) is 6.14. The van der Waals surface area contributed by atoms with Crippen molar-refractivity contribution in [1.82, 2.24) is 10.3 Å². The number of hydrogen-bond acceptors (Lipinski definition) is 4. The van der Waals surface area contributed by atoms with Crippen LogP contribution < -0.4 is 5.32 Å². The van der Waals surface area contributed by atoms with Crippen LogP contribution in [0, 0.1) is 0 Å². The molecule has 0 spiro atoms. The molecule has 1 aromatic rings. The smallest absolute Gasteiger partial charge is 0.339 e. The van der Waals surface area contributed by atoms with Gasteiger partial charge in [0.1, 0.15) is 0 Å². The van der Waals surface area contributed by atoms with Gasteiger partial charge in [-0.15, -0.1) is 0 Å². The highest BCUT2D eigenvalue weighted by Gasteiger charge is 2.04. The molecule has 0 aliphatic rings. The zero-order chi connectivity index (χ0) is 11.1. The Kier molecular flexibility index (Phi) is 4.77. The van der Waals surface area contributed by atoms with Crippen molar-refractivity contribution in [2.75, 3.05) is 13.7 Å². The van der Waals surface area contributed by atoms with Gasteiger partial charge in [-0.25, -0.2) is 4.79 Å². The van der Waals surface area contributed by atoms with Crippen LogP contribution in [0.5, 0.6) is 0 Å². The number of nitrogens with zero attached hydrogens (tertiary/aromatic N) is 1. The summed E-state index contributed by atoms with van der Waals surface area (Å²) in [6, 6.07) is 3.55. The topological polar surface area (TPSA) is 51.2 Å². The van der Waals surface area contributed by atoms with E-state index in [1.807, 2.05) is 6.07 Å². The molecule has 0 saturated carbocycles. The van der Waals surface area contributed by atoms with Crippen molar-refractivity contribution in [3.05, 3.63) is 29.6 Å². The molecule has 0 saturated heterocycles. The van der Waals surface area contributed by atoms with Crippen LogP contribution >= 0.6 is 0 Å². The lowest BCUT2D eigenvalue weighted by molar-refractivity contribution is 0.0600. The number of carbonyl (C=O) groups is 1. The lowest BCUT2D eigenvalue weighted by Gasteiger charge is -2.03. The van der Waals surface area contributed by atoms with E-state index < -0.39 is 0 Å². The summed E-state index contributed by atoms with van der Waals surface area (Å²) in [5, 5.41) is 3.24. The number of methoxy groups -OCH3 is 1. The van der Waals surface area contributed by atoms with Crippen molar-refractivity contribution in [1.29, 1.82) is 0 Å². The minimum atomic E-state index is -0.351. The molecule has 1 rings (SSSR count). The number of hydrogen-bond donors (Lipinski definition) is 1. The largest absolute Gasteiger partial charge is 0.465 e. The Morgan fingerprint density at radius 1 is 1.53 bits per heavy atom. The SMILES string of the molecule is CCCNCc1ccc(C(=O)OC)cn1. The number of ether oxygens (including phenoxy) is 1. The molecule has 1 aromatic heterocycles. The molecule has 1 heterocycles. The van der Waals surface area contributed by atoms with Crippen LogP contribution in [-0.4, -0.2) is 24.6 Å². The van der Waals surface area contributed by atoms with Crippen LogP contribution in [0.2, 0.25) is 0 Å². The van der Waals surface area contributed by atoms with Crippen molar-refractivity contribution in [3.8, 4) is 0 Å². The van der Waals surface area contributed by atoms with E-state index in [0.29, 0.717) is 5.56 Å². The summed E-state index contributed by atoms with van der Waals surface area (Å²) in [6.07, 6.45) is 2.63. The van der Waals surface area contributed by atoms with E-state index in [-0.39, 0.29) is 5.97 Å². The Labute approximate surface area is 89.7 Å². The number of rotatable bonds is 5. The first-order chi connectivity index (χ1) is 7.27. The molecule has 0 aliphatic carbocycles. The summed E-state index contributed by atoms with van der Waals surface area (Å²) < 4.78 is 4.58. The van der Waals surface area contributed by atoms with Crippen LogP contribution in [0.4, 0.5) is 0 Å². The fourth-order valence-corrected chi connectivity index (χ4v) is 1.16. The lowest BCUT2D eigenvalue weighted by Crippen LogP contribution is -2.15. The normalized spacial score (nSPS) is 10.0. The predicted molar refractivity (Wildman–Crippen MR) is 57.6 cm³/mol. The standard InChI is InChI=1S/C11H16N2O2/c1-3-6-12-8-10-5-4-9(7-13-10)11(14)15-2/h4-5,7,12H,3,6,8H2,1-2H3. The van der Waals surface area contributed by atoms with Crippen LogP contribution in [0.1, 0.15) is 29.4 Å². The molecular weight excluding hydrogens is 192 g/mol. The average molecular weight is 208 g/mol. The summed E-state index contributed by atoms with van der Waals surface area (Å²) in [4.78, 5) is 15.3. The fraction of sp³-hybridized carbons (Fsp3) is 0.455. The fourth-order valence-electron chi connectivity index (χ4n) is 1.16. The number of carbonyl (C=O) groups excluding carboxylic acids is 1. The van der Waals surface area contributed by atoms with Crippen molar-refractivity contribution >= 4 is 5.97 Å². The second-order valence-electron chi connectivity index (χ2n) is 3.21. The van der Waals surface area contributed by atoms with E-state index in [4.69, 9.17) is 0 Å². The van der Waals surface area contributed by atoms with Gasteiger partial charge in [0, 0.05) is 12.7 Å². The van der Waals surface area contributed by atoms with E-state index in [2.05, 4.69) is 22.0 Å². The third-order valence-corrected chi connectivity index (χ3v) is 1.98. The highest BCUT2D eigenvalue weighted by molar-refractivity contribution is 5.88. The van der Waals surface area contributed by atoms with Gasteiger partial charge in [0.15, 0.2) is 0 Å². The van der Waals surface area contributed by atoms with E-state index in [1.54, 1.807) is 6.07 Å². The Morgan fingerprint density at radius 3 is 2.87 bits per heavy atom. The first-order valence-corrected chi connectivity index (χ1v) is 5.02. The Balaban J connectivity index is 2.52. The molecule has 0 aromatic carbocycles. The maximum absolute atomic E-state index is 11.1. The summed E-state index contributed by atoms with van der Waals surface area (Å²) in [5.74, 6) is -0.351. The highest BCUT2D eigenvalue weighted by Crippen LogP contribution is 2.01. The maximum atomic E-state index is 11.1. The van der Waals surface area contributed by atoms with Gasteiger partial charge in [0.05, 0.1) is 18.4 Å². The van der Waals surface area contributed by atoms with Crippen LogP contribution in [-0.2, 0) is 11.3 Å². The molecule has 0 aliphatic heterocycles. The first-order valence-electron chi connectivity index (χ1n) is 5.02. The van der Waals surface area contributed by atoms with Crippen LogP contribution in [0.3, 0.4) is 0 Å². The number of esters is 1. The molecular formula is C11H16N2O2. The summed E-state index contributed by atoms with van der Waals surface area (Å²) in [7, 11) is 1.36. The van der Waals surface area contributed by atoms with Gasteiger partial charge in [0.25, 0.3) is 0 Å². The summed E-state index contributed by atoms with van der Waals surface area (Å²) in [6.45, 7) is 3.82. The molecule has 4 heteroatoms. The van der Waals surface area contributed by atoms with Gasteiger partial charge in [-0.3, -0.25) is 4.98 Å². The Bertz CT molecular complexity index is 309.